The lowest BCUT2D eigenvalue weighted by Crippen LogP contribution is -2.47. The molecule has 2 aliphatic heterocycles. The first-order valence-electron chi connectivity index (χ1n) is 21.4. The number of thioether (sulfide) groups is 1. The molecule has 6 N–H and O–H groups in total. The largest absolute Gasteiger partial charge is 0.508 e. The molecule has 0 aromatic heterocycles. The van der Waals surface area contributed by atoms with E-state index in [9.17, 15) is 24.6 Å². The fraction of sp³-hybridized carbons (Fsp3) is 0.791. The van der Waals surface area contributed by atoms with Crippen LogP contribution >= 0.6 is 11.8 Å². The van der Waals surface area contributed by atoms with Gasteiger partial charge in [-0.25, -0.2) is 4.79 Å². The van der Waals surface area contributed by atoms with Crippen molar-refractivity contribution in [2.24, 2.45) is 23.2 Å². The van der Waals surface area contributed by atoms with E-state index in [1.165, 1.54) is 36.8 Å². The number of carbonyl (C=O) groups excluding carboxylic acids is 3. The van der Waals surface area contributed by atoms with Crippen LogP contribution in [0, 0.1) is 23.2 Å². The van der Waals surface area contributed by atoms with Gasteiger partial charge in [-0.05, 0) is 123 Å². The highest BCUT2D eigenvalue weighted by Crippen LogP contribution is 2.62. The van der Waals surface area contributed by atoms with E-state index in [0.29, 0.717) is 47.5 Å². The number of aliphatic hydroxyl groups excluding tert-OH is 1. The van der Waals surface area contributed by atoms with Gasteiger partial charge in [0.1, 0.15) is 5.75 Å². The van der Waals surface area contributed by atoms with E-state index in [1.54, 1.807) is 0 Å². The van der Waals surface area contributed by atoms with Crippen molar-refractivity contribution in [3.05, 3.63) is 29.3 Å². The summed E-state index contributed by atoms with van der Waals surface area (Å²) in [5, 5.41) is 33.8. The Morgan fingerprint density at radius 2 is 1.51 bits per heavy atom. The lowest BCUT2D eigenvalue weighted by atomic mass is 9.52. The number of urea groups is 1. The molecule has 2 saturated heterocycles. The smallest absolute Gasteiger partial charge is 0.315 e. The number of fused-ring (bicyclic) bond motifs is 6. The van der Waals surface area contributed by atoms with Gasteiger partial charge in [0.15, 0.2) is 0 Å². The van der Waals surface area contributed by atoms with Crippen LogP contribution in [-0.4, -0.2) is 70.3 Å². The summed E-state index contributed by atoms with van der Waals surface area (Å²) < 4.78 is 0. The average Bonchev–Trinajstić information content (AvgIpc) is 3.79. The quantitative estimate of drug-likeness (QED) is 0.0569. The lowest BCUT2D eigenvalue weighted by Gasteiger charge is -2.53. The van der Waals surface area contributed by atoms with Gasteiger partial charge < -0.3 is 31.5 Å². The molecule has 1 aromatic carbocycles. The number of rotatable bonds is 21. The second-order valence-electron chi connectivity index (χ2n) is 17.4. The normalized spacial score (nSPS) is 31.2. The van der Waals surface area contributed by atoms with Crippen molar-refractivity contribution in [1.29, 1.82) is 0 Å². The molecule has 0 unspecified atom stereocenters. The minimum Gasteiger partial charge on any atom is -0.508 e. The Morgan fingerprint density at radius 3 is 2.26 bits per heavy atom. The Bertz CT molecular complexity index is 1380. The molecule has 4 fully saturated rings. The molecule has 53 heavy (non-hydrogen) atoms. The average molecular weight is 753 g/mol. The van der Waals surface area contributed by atoms with Crippen LogP contribution in [0.15, 0.2) is 18.2 Å². The minimum atomic E-state index is -0.159. The third-order valence-electron chi connectivity index (χ3n) is 13.9. The molecular formula is C43H68N4O5S. The molecule has 9 nitrogen and oxygen atoms in total. The third-order valence-corrected chi connectivity index (χ3v) is 15.4. The molecular weight excluding hydrogens is 685 g/mol. The number of benzene rings is 1. The zero-order chi connectivity index (χ0) is 37.2. The Balaban J connectivity index is 0.741. The van der Waals surface area contributed by atoms with Crippen LogP contribution in [0.1, 0.15) is 152 Å². The highest BCUT2D eigenvalue weighted by molar-refractivity contribution is 8.00. The summed E-state index contributed by atoms with van der Waals surface area (Å²) in [6.07, 6.45) is 21.6. The molecule has 1 aromatic rings. The number of carbonyl (C=O) groups is 3. The monoisotopic (exact) mass is 752 g/mol. The van der Waals surface area contributed by atoms with Crippen molar-refractivity contribution >= 4 is 29.6 Å². The number of aliphatic hydroxyl groups is 1. The first kappa shape index (κ1) is 40.2. The summed E-state index contributed by atoms with van der Waals surface area (Å²) in [5.41, 5.74) is 2.88. The van der Waals surface area contributed by atoms with Crippen molar-refractivity contribution in [1.82, 2.24) is 21.3 Å². The highest BCUT2D eigenvalue weighted by Gasteiger charge is 2.56. The molecule has 10 heteroatoms. The van der Waals surface area contributed by atoms with Crippen LogP contribution in [-0.2, 0) is 16.0 Å². The number of nitrogens with one attached hydrogen (secondary N) is 4. The summed E-state index contributed by atoms with van der Waals surface area (Å²) in [5.74, 6) is 4.11. The molecule has 5 aliphatic rings. The van der Waals surface area contributed by atoms with Gasteiger partial charge >= 0.3 is 6.03 Å². The number of phenolic OH excluding ortho intramolecular Hbond substituents is 1. The zero-order valence-corrected chi connectivity index (χ0v) is 33.2. The molecule has 0 bridgehead atoms. The molecule has 6 rings (SSSR count). The van der Waals surface area contributed by atoms with E-state index in [0.717, 1.165) is 115 Å². The van der Waals surface area contributed by atoms with Crippen molar-refractivity contribution in [3.63, 3.8) is 0 Å². The van der Waals surface area contributed by atoms with Gasteiger partial charge in [-0.2, -0.15) is 11.8 Å². The van der Waals surface area contributed by atoms with E-state index < -0.39 is 0 Å². The molecule has 296 valence electrons. The minimum absolute atomic E-state index is 0.0440. The van der Waals surface area contributed by atoms with Gasteiger partial charge in [0.2, 0.25) is 11.8 Å². The summed E-state index contributed by atoms with van der Waals surface area (Å²) in [7, 11) is 0. The van der Waals surface area contributed by atoms with Gasteiger partial charge in [-0.15, -0.1) is 0 Å². The van der Waals surface area contributed by atoms with E-state index in [4.69, 9.17) is 0 Å². The van der Waals surface area contributed by atoms with Crippen LogP contribution in [0.2, 0.25) is 0 Å². The maximum Gasteiger partial charge on any atom is 0.315 e. The predicted octanol–water partition coefficient (Wildman–Crippen LogP) is 7.47. The van der Waals surface area contributed by atoms with Crippen LogP contribution in [0.25, 0.3) is 0 Å². The molecule has 0 spiro atoms. The highest BCUT2D eigenvalue weighted by atomic mass is 32.2. The predicted molar refractivity (Wildman–Crippen MR) is 213 cm³/mol. The SMILES string of the molecule is C[C@]12CC[C@@H]3c4ccc(O)cc4C[C@@H](CCCCCCCNC(=O)CCCCCCCNC(=O)CCCC[C@@H]4SC[C@@H]5NC(=O)N[C@@H]54)[C@H]3[C@@H]1CC[C@@H]2O. The fourth-order valence-electron chi connectivity index (χ4n) is 10.9. The molecule has 2 saturated carbocycles. The molecule has 0 radical (unpaired) electrons. The molecule has 3 aliphatic carbocycles. The van der Waals surface area contributed by atoms with Crippen LogP contribution in [0.4, 0.5) is 4.79 Å². The number of unbranched alkanes of at least 4 members (excludes halogenated alkanes) is 9. The maximum absolute atomic E-state index is 12.3. The van der Waals surface area contributed by atoms with Gasteiger partial charge in [-0.1, -0.05) is 64.4 Å². The summed E-state index contributed by atoms with van der Waals surface area (Å²) in [6.45, 7) is 3.85. The first-order valence-corrected chi connectivity index (χ1v) is 22.5. The zero-order valence-electron chi connectivity index (χ0n) is 32.3. The summed E-state index contributed by atoms with van der Waals surface area (Å²) >= 11 is 1.93. The lowest BCUT2D eigenvalue weighted by molar-refractivity contribution is -0.122. The van der Waals surface area contributed by atoms with Crippen molar-refractivity contribution in [2.75, 3.05) is 18.8 Å². The molecule has 9 atom stereocenters. The standard InChI is InChI=1S/C43H68N4O5S/c1-43-23-22-33-32-19-18-31(48)27-30(32)26-29(40(33)34(43)20-21-37(43)49)14-8-4-2-6-12-24-44-38(50)16-9-5-3-7-13-25-45-39(51)17-11-10-15-36-41-35(28-53-36)46-42(52)47-41/h18-19,27,29,33-37,40-41,48-49H,2-17,20-26,28H2,1H3,(H,44,50)(H,45,51)(H2,46,47,52)/t29-,33-,34+,35+,36+,37+,40-,41+,43+/m1/s1. The van der Waals surface area contributed by atoms with Crippen molar-refractivity contribution < 1.29 is 24.6 Å². The van der Waals surface area contributed by atoms with Crippen molar-refractivity contribution in [3.8, 4) is 5.75 Å². The van der Waals surface area contributed by atoms with Gasteiger partial charge in [-0.3, -0.25) is 9.59 Å². The number of phenols is 1. The Hall–Kier alpha value is -2.46. The van der Waals surface area contributed by atoms with Gasteiger partial charge in [0.25, 0.3) is 0 Å². The van der Waals surface area contributed by atoms with E-state index in [-0.39, 0.29) is 41.4 Å². The van der Waals surface area contributed by atoms with E-state index in [2.05, 4.69) is 34.3 Å². The molecule has 4 amide bonds. The van der Waals surface area contributed by atoms with Gasteiger partial charge in [0.05, 0.1) is 18.2 Å². The Morgan fingerprint density at radius 1 is 0.849 bits per heavy atom. The summed E-state index contributed by atoms with van der Waals surface area (Å²) in [4.78, 5) is 36.1. The number of hydrogen-bond donors (Lipinski definition) is 6. The fourth-order valence-corrected chi connectivity index (χ4v) is 12.5. The Labute approximate surface area is 322 Å². The number of aromatic hydroxyl groups is 1. The van der Waals surface area contributed by atoms with Crippen LogP contribution in [0.3, 0.4) is 0 Å². The van der Waals surface area contributed by atoms with E-state index >= 15 is 0 Å². The molecule has 2 heterocycles. The second kappa shape index (κ2) is 19.4. The first-order chi connectivity index (χ1) is 25.7. The van der Waals surface area contributed by atoms with Crippen LogP contribution < -0.4 is 21.3 Å². The van der Waals surface area contributed by atoms with Crippen molar-refractivity contribution in [2.45, 2.75) is 171 Å². The summed E-state index contributed by atoms with van der Waals surface area (Å²) in [6, 6.07) is 6.53. The Kier molecular flexibility index (Phi) is 14.7. The third kappa shape index (κ3) is 10.4. The second-order valence-corrected chi connectivity index (χ2v) is 18.7. The van der Waals surface area contributed by atoms with Crippen LogP contribution in [0.5, 0.6) is 5.75 Å². The topological polar surface area (TPSA) is 140 Å². The number of hydrogen-bond acceptors (Lipinski definition) is 6. The van der Waals surface area contributed by atoms with E-state index in [1.807, 2.05) is 23.9 Å². The number of amides is 4. The maximum atomic E-state index is 12.3. The van der Waals surface area contributed by atoms with Gasteiger partial charge in [0, 0.05) is 36.9 Å².